The number of carbonyl (C=O) groups excluding carboxylic acids is 1. The van der Waals surface area contributed by atoms with Crippen molar-refractivity contribution in [1.82, 2.24) is 31.0 Å². The van der Waals surface area contributed by atoms with Crippen LogP contribution in [-0.2, 0) is 6.54 Å². The summed E-state index contributed by atoms with van der Waals surface area (Å²) in [6, 6.07) is 11.0. The summed E-state index contributed by atoms with van der Waals surface area (Å²) in [7, 11) is 0. The van der Waals surface area contributed by atoms with E-state index in [0.717, 1.165) is 31.5 Å². The summed E-state index contributed by atoms with van der Waals surface area (Å²) in [5.41, 5.74) is 10.9. The maximum absolute atomic E-state index is 14.1. The molecular formula is C25H31FN6O. The van der Waals surface area contributed by atoms with Gasteiger partial charge in [-0.2, -0.15) is 0 Å². The normalized spacial score (nSPS) is 25.5. The van der Waals surface area contributed by atoms with Crippen LogP contribution in [0.3, 0.4) is 0 Å². The van der Waals surface area contributed by atoms with E-state index < -0.39 is 0 Å². The van der Waals surface area contributed by atoms with Crippen LogP contribution in [0.15, 0.2) is 60.1 Å². The van der Waals surface area contributed by atoms with Gasteiger partial charge in [0.2, 0.25) is 0 Å². The molecule has 2 amide bonds. The second kappa shape index (κ2) is 9.49. The van der Waals surface area contributed by atoms with E-state index in [4.69, 9.17) is 0 Å². The topological polar surface area (TPSA) is 72.5 Å². The van der Waals surface area contributed by atoms with Crippen LogP contribution in [-0.4, -0.2) is 53.0 Å². The van der Waals surface area contributed by atoms with Gasteiger partial charge in [-0.1, -0.05) is 25.1 Å². The molecule has 1 fully saturated rings. The number of amides is 2. The summed E-state index contributed by atoms with van der Waals surface area (Å²) in [4.78, 5) is 21.4. The Morgan fingerprint density at radius 1 is 1.21 bits per heavy atom. The zero-order valence-electron chi connectivity index (χ0n) is 18.9. The Balaban J connectivity index is 1.21. The fourth-order valence-electron chi connectivity index (χ4n) is 5.28. The molecule has 5 rings (SSSR count). The second-order valence-electron chi connectivity index (χ2n) is 9.43. The first-order valence-electron chi connectivity index (χ1n) is 11.7. The van der Waals surface area contributed by atoms with Crippen LogP contribution < -0.4 is 16.2 Å². The van der Waals surface area contributed by atoms with Crippen LogP contribution in [0, 0.1) is 11.7 Å². The Morgan fingerprint density at radius 3 is 2.85 bits per heavy atom. The Bertz CT molecular complexity index is 1030. The molecule has 33 heavy (non-hydrogen) atoms. The molecule has 1 aromatic carbocycles. The highest BCUT2D eigenvalue weighted by molar-refractivity contribution is 5.75. The molecule has 1 aromatic heterocycles. The third kappa shape index (κ3) is 4.86. The van der Waals surface area contributed by atoms with E-state index in [0.29, 0.717) is 31.1 Å². The molecule has 0 saturated carbocycles. The highest BCUT2D eigenvalue weighted by atomic mass is 19.1. The zero-order chi connectivity index (χ0) is 22.8. The smallest absolute Gasteiger partial charge is 0.317 e. The lowest BCUT2D eigenvalue weighted by atomic mass is 9.95. The van der Waals surface area contributed by atoms with Crippen molar-refractivity contribution in [3.8, 4) is 0 Å². The molecule has 1 saturated heterocycles. The molecule has 0 bridgehead atoms. The molecular weight excluding hydrogens is 419 g/mol. The van der Waals surface area contributed by atoms with Crippen LogP contribution in [0.5, 0.6) is 0 Å². The third-order valence-corrected chi connectivity index (χ3v) is 6.84. The Labute approximate surface area is 194 Å². The van der Waals surface area contributed by atoms with E-state index in [2.05, 4.69) is 33.0 Å². The number of halogens is 1. The van der Waals surface area contributed by atoms with Gasteiger partial charge in [-0.05, 0) is 41.7 Å². The average Bonchev–Trinajstić information content (AvgIpc) is 3.24. The van der Waals surface area contributed by atoms with Crippen molar-refractivity contribution < 1.29 is 9.18 Å². The van der Waals surface area contributed by atoms with E-state index in [1.165, 1.54) is 17.3 Å². The summed E-state index contributed by atoms with van der Waals surface area (Å²) in [5, 5.41) is 3.26. The van der Waals surface area contributed by atoms with Gasteiger partial charge >= 0.3 is 6.03 Å². The molecule has 7 nitrogen and oxygen atoms in total. The average molecular weight is 451 g/mol. The number of likely N-dealkylation sites (tertiary alicyclic amines) is 1. The molecule has 3 N–H and O–H groups in total. The molecule has 2 aromatic rings. The van der Waals surface area contributed by atoms with Crippen LogP contribution in [0.4, 0.5) is 9.18 Å². The number of urea groups is 1. The first-order valence-corrected chi connectivity index (χ1v) is 11.7. The molecule has 4 heterocycles. The number of pyridine rings is 1. The van der Waals surface area contributed by atoms with Gasteiger partial charge in [-0.25, -0.2) is 14.6 Å². The quantitative estimate of drug-likeness (QED) is 0.668. The van der Waals surface area contributed by atoms with Crippen LogP contribution in [0.2, 0.25) is 0 Å². The summed E-state index contributed by atoms with van der Waals surface area (Å²) >= 11 is 0. The van der Waals surface area contributed by atoms with E-state index in [1.54, 1.807) is 18.5 Å². The number of nitrogens with one attached hydrogen (secondary N) is 3. The van der Waals surface area contributed by atoms with Gasteiger partial charge in [0, 0.05) is 68.8 Å². The number of nitrogens with zero attached hydrogens (tertiary/aromatic N) is 3. The van der Waals surface area contributed by atoms with Crippen molar-refractivity contribution in [3.63, 3.8) is 0 Å². The van der Waals surface area contributed by atoms with Crippen LogP contribution in [0.25, 0.3) is 0 Å². The molecule has 3 unspecified atom stereocenters. The monoisotopic (exact) mass is 450 g/mol. The number of hydrazine groups is 1. The fraction of sp³-hybridized carbons (Fsp3) is 0.440. The van der Waals surface area contributed by atoms with Crippen molar-refractivity contribution in [2.45, 2.75) is 38.4 Å². The van der Waals surface area contributed by atoms with Gasteiger partial charge in [-0.15, -0.1) is 0 Å². The number of benzene rings is 1. The number of rotatable bonds is 4. The van der Waals surface area contributed by atoms with Crippen molar-refractivity contribution >= 4 is 6.03 Å². The lowest BCUT2D eigenvalue weighted by Crippen LogP contribution is -2.54. The molecule has 0 spiro atoms. The van der Waals surface area contributed by atoms with E-state index in [-0.39, 0.29) is 23.9 Å². The van der Waals surface area contributed by atoms with Gasteiger partial charge in [0.05, 0.1) is 6.04 Å². The number of aromatic nitrogens is 1. The Kier molecular flexibility index (Phi) is 6.28. The first-order chi connectivity index (χ1) is 16.1. The van der Waals surface area contributed by atoms with E-state index >= 15 is 0 Å². The number of hydrogen-bond donors (Lipinski definition) is 3. The minimum absolute atomic E-state index is 0.0214. The largest absolute Gasteiger partial charge is 0.334 e. The van der Waals surface area contributed by atoms with Crippen LogP contribution >= 0.6 is 0 Å². The molecule has 174 valence electrons. The lowest BCUT2D eigenvalue weighted by Gasteiger charge is -2.38. The molecule has 0 radical (unpaired) electrons. The SMILES string of the molecule is CC1CC(NC(=O)N2CCC3=C(C2)C(c2ccncc2)NN3)CN(Cc2ccccc2F)C1. The summed E-state index contributed by atoms with van der Waals surface area (Å²) in [6.45, 7) is 5.67. The lowest BCUT2D eigenvalue weighted by molar-refractivity contribution is 0.135. The third-order valence-electron chi connectivity index (χ3n) is 6.84. The maximum Gasteiger partial charge on any atom is 0.317 e. The highest BCUT2D eigenvalue weighted by Crippen LogP contribution is 2.32. The number of carbonyl (C=O) groups is 1. The van der Waals surface area contributed by atoms with Crippen molar-refractivity contribution in [1.29, 1.82) is 0 Å². The van der Waals surface area contributed by atoms with Crippen molar-refractivity contribution in [3.05, 3.63) is 77.0 Å². The zero-order valence-corrected chi connectivity index (χ0v) is 18.9. The first kappa shape index (κ1) is 21.9. The van der Waals surface area contributed by atoms with Gasteiger partial charge < -0.3 is 15.6 Å². The fourth-order valence-corrected chi connectivity index (χ4v) is 5.28. The molecule has 3 atom stereocenters. The maximum atomic E-state index is 14.1. The van der Waals surface area contributed by atoms with E-state index in [9.17, 15) is 9.18 Å². The minimum atomic E-state index is -0.170. The van der Waals surface area contributed by atoms with Gasteiger partial charge in [0.15, 0.2) is 0 Å². The molecule has 3 aliphatic rings. The predicted molar refractivity (Wildman–Crippen MR) is 124 cm³/mol. The highest BCUT2D eigenvalue weighted by Gasteiger charge is 2.34. The second-order valence-corrected chi connectivity index (χ2v) is 9.43. The number of hydrogen-bond acceptors (Lipinski definition) is 5. The Morgan fingerprint density at radius 2 is 2.03 bits per heavy atom. The predicted octanol–water partition coefficient (Wildman–Crippen LogP) is 2.95. The standard InChI is InChI=1S/C25H31FN6O/c1-17-12-20(15-31(13-17)14-19-4-2-3-5-22(19)26)28-25(33)32-11-8-23-21(16-32)24(30-29-23)18-6-9-27-10-7-18/h2-7,9-10,17,20,24,29-30H,8,11-16H2,1H3,(H,28,33). The molecule has 0 aliphatic carbocycles. The summed E-state index contributed by atoms with van der Waals surface area (Å²) in [5.74, 6) is 0.266. The summed E-state index contributed by atoms with van der Waals surface area (Å²) in [6.07, 6.45) is 5.32. The summed E-state index contributed by atoms with van der Waals surface area (Å²) < 4.78 is 14.1. The van der Waals surface area contributed by atoms with Gasteiger partial charge in [-0.3, -0.25) is 9.88 Å². The van der Waals surface area contributed by atoms with Crippen LogP contribution in [0.1, 0.15) is 36.9 Å². The molecule has 3 aliphatic heterocycles. The Hall–Kier alpha value is -2.97. The van der Waals surface area contributed by atoms with Crippen molar-refractivity contribution in [2.75, 3.05) is 26.2 Å². The molecule has 8 heteroatoms. The van der Waals surface area contributed by atoms with Gasteiger partial charge in [0.1, 0.15) is 5.82 Å². The number of piperidine rings is 1. The van der Waals surface area contributed by atoms with E-state index in [1.807, 2.05) is 29.2 Å². The van der Waals surface area contributed by atoms with Crippen molar-refractivity contribution in [2.24, 2.45) is 5.92 Å². The minimum Gasteiger partial charge on any atom is -0.334 e. The van der Waals surface area contributed by atoms with Gasteiger partial charge in [0.25, 0.3) is 0 Å².